The molecule has 2 aliphatic heterocycles. The maximum absolute atomic E-state index is 13.5. The summed E-state index contributed by atoms with van der Waals surface area (Å²) in [4.78, 5) is 30.3. The third-order valence-electron chi connectivity index (χ3n) is 5.66. The average molecular weight is 435 g/mol. The van der Waals surface area contributed by atoms with E-state index in [0.717, 1.165) is 22.4 Å². The van der Waals surface area contributed by atoms with Crippen molar-refractivity contribution in [3.8, 4) is 5.75 Å². The first-order valence-corrected chi connectivity index (χ1v) is 11.2. The molecule has 6 heteroatoms. The number of aryl methyl sites for hydroxylation is 1. The van der Waals surface area contributed by atoms with E-state index in [4.69, 9.17) is 9.47 Å². The number of imide groups is 1. The molecule has 2 amide bonds. The molecule has 0 aromatic heterocycles. The number of morpholine rings is 1. The van der Waals surface area contributed by atoms with Crippen molar-refractivity contribution < 1.29 is 19.1 Å². The lowest BCUT2D eigenvalue weighted by atomic mass is 10.0. The van der Waals surface area contributed by atoms with Crippen LogP contribution >= 0.6 is 0 Å². The Morgan fingerprint density at radius 2 is 1.59 bits per heavy atom. The molecule has 0 spiro atoms. The zero-order valence-corrected chi connectivity index (χ0v) is 19.0. The molecule has 1 saturated heterocycles. The van der Waals surface area contributed by atoms with Crippen LogP contribution in [-0.4, -0.2) is 54.5 Å². The van der Waals surface area contributed by atoms with Gasteiger partial charge in [0.25, 0.3) is 11.8 Å². The third-order valence-corrected chi connectivity index (χ3v) is 5.66. The van der Waals surface area contributed by atoms with E-state index in [9.17, 15) is 9.59 Å². The van der Waals surface area contributed by atoms with Crippen molar-refractivity contribution >= 4 is 17.4 Å². The molecule has 1 fully saturated rings. The number of benzene rings is 2. The molecule has 0 unspecified atom stereocenters. The Balaban J connectivity index is 1.65. The molecule has 6 nitrogen and oxygen atoms in total. The summed E-state index contributed by atoms with van der Waals surface area (Å²) < 4.78 is 11.2. The van der Waals surface area contributed by atoms with Crippen LogP contribution in [0.1, 0.15) is 30.5 Å². The Bertz CT molecular complexity index is 1000. The zero-order chi connectivity index (χ0) is 22.7. The first-order chi connectivity index (χ1) is 15.4. The minimum absolute atomic E-state index is 0.243. The van der Waals surface area contributed by atoms with E-state index in [2.05, 4.69) is 13.8 Å². The summed E-state index contributed by atoms with van der Waals surface area (Å²) >= 11 is 0. The highest BCUT2D eigenvalue weighted by atomic mass is 16.5. The summed E-state index contributed by atoms with van der Waals surface area (Å²) in [5.74, 6) is 0.680. The number of nitrogens with zero attached hydrogens (tertiary/aromatic N) is 2. The number of carbonyl (C=O) groups excluding carboxylic acids is 2. The molecule has 2 aliphatic rings. The van der Waals surface area contributed by atoms with E-state index in [-0.39, 0.29) is 18.4 Å². The molecule has 0 radical (unpaired) electrons. The molecule has 0 N–H and O–H groups in total. The van der Waals surface area contributed by atoms with Crippen LogP contribution in [0.2, 0.25) is 0 Å². The number of ether oxygens (including phenoxy) is 2. The van der Waals surface area contributed by atoms with Gasteiger partial charge in [-0.1, -0.05) is 55.8 Å². The molecule has 4 rings (SSSR count). The predicted octanol–water partition coefficient (Wildman–Crippen LogP) is 3.64. The summed E-state index contributed by atoms with van der Waals surface area (Å²) in [5.41, 5.74) is 3.73. The SMILES string of the molecule is Cc1ccc(CN2C(=O)C(c3ccc(OCC(C)C)cc3)=C(N3CCOCC3)C2=O)cc1. The Labute approximate surface area is 189 Å². The monoisotopic (exact) mass is 434 g/mol. The summed E-state index contributed by atoms with van der Waals surface area (Å²) in [7, 11) is 0. The van der Waals surface area contributed by atoms with E-state index < -0.39 is 0 Å². The van der Waals surface area contributed by atoms with E-state index in [1.54, 1.807) is 0 Å². The Kier molecular flexibility index (Phi) is 6.61. The summed E-state index contributed by atoms with van der Waals surface area (Å²) in [6, 6.07) is 15.4. The molecule has 2 aromatic carbocycles. The number of carbonyl (C=O) groups is 2. The molecule has 0 atom stereocenters. The van der Waals surface area contributed by atoms with Crippen molar-refractivity contribution in [2.75, 3.05) is 32.9 Å². The predicted molar refractivity (Wildman–Crippen MR) is 123 cm³/mol. The van der Waals surface area contributed by atoms with Crippen LogP contribution in [0.5, 0.6) is 5.75 Å². The Morgan fingerprint density at radius 3 is 2.22 bits per heavy atom. The minimum Gasteiger partial charge on any atom is -0.493 e. The third kappa shape index (κ3) is 4.70. The first kappa shape index (κ1) is 22.1. The Hall–Kier alpha value is -3.12. The van der Waals surface area contributed by atoms with E-state index >= 15 is 0 Å². The topological polar surface area (TPSA) is 59.1 Å². The quantitative estimate of drug-likeness (QED) is 0.623. The van der Waals surface area contributed by atoms with Gasteiger partial charge in [0.2, 0.25) is 0 Å². The molecule has 2 heterocycles. The van der Waals surface area contributed by atoms with Gasteiger partial charge in [-0.25, -0.2) is 0 Å². The second-order valence-electron chi connectivity index (χ2n) is 8.73. The highest BCUT2D eigenvalue weighted by Gasteiger charge is 2.41. The fourth-order valence-corrected chi connectivity index (χ4v) is 3.90. The Morgan fingerprint density at radius 1 is 0.938 bits per heavy atom. The van der Waals surface area contributed by atoms with Gasteiger partial charge in [0.15, 0.2) is 0 Å². The lowest BCUT2D eigenvalue weighted by molar-refractivity contribution is -0.138. The van der Waals surface area contributed by atoms with Gasteiger partial charge >= 0.3 is 0 Å². The fraction of sp³-hybridized carbons (Fsp3) is 0.385. The minimum atomic E-state index is -0.257. The van der Waals surface area contributed by atoms with Crippen molar-refractivity contribution in [3.05, 3.63) is 70.9 Å². The number of amides is 2. The second kappa shape index (κ2) is 9.57. The summed E-state index contributed by atoms with van der Waals surface area (Å²) in [6.07, 6.45) is 0. The normalized spacial score (nSPS) is 17.0. The van der Waals surface area contributed by atoms with E-state index in [0.29, 0.717) is 50.1 Å². The van der Waals surface area contributed by atoms with Gasteiger partial charge in [-0.05, 0) is 36.1 Å². The van der Waals surface area contributed by atoms with Crippen LogP contribution in [0.15, 0.2) is 54.2 Å². The standard InChI is InChI=1S/C26H30N2O4/c1-18(2)17-32-22-10-8-21(9-11-22)23-24(27-12-14-31-15-13-27)26(30)28(25(23)29)16-20-6-4-19(3)5-7-20/h4-11,18H,12-17H2,1-3H3. The highest BCUT2D eigenvalue weighted by Crippen LogP contribution is 2.33. The van der Waals surface area contributed by atoms with Gasteiger partial charge in [-0.15, -0.1) is 0 Å². The summed E-state index contributed by atoms with van der Waals surface area (Å²) in [6.45, 7) is 9.35. The van der Waals surface area contributed by atoms with Crippen LogP contribution in [0, 0.1) is 12.8 Å². The van der Waals surface area contributed by atoms with E-state index in [1.165, 1.54) is 4.90 Å². The van der Waals surface area contributed by atoms with Crippen molar-refractivity contribution in [2.45, 2.75) is 27.3 Å². The van der Waals surface area contributed by atoms with Crippen LogP contribution in [0.25, 0.3) is 5.57 Å². The average Bonchev–Trinajstić information content (AvgIpc) is 3.04. The second-order valence-corrected chi connectivity index (χ2v) is 8.73. The maximum Gasteiger partial charge on any atom is 0.278 e. The lowest BCUT2D eigenvalue weighted by Crippen LogP contribution is -2.40. The fourth-order valence-electron chi connectivity index (χ4n) is 3.90. The maximum atomic E-state index is 13.5. The molecule has 32 heavy (non-hydrogen) atoms. The van der Waals surface area contributed by atoms with Gasteiger partial charge in [-0.2, -0.15) is 0 Å². The number of hydrogen-bond donors (Lipinski definition) is 0. The van der Waals surface area contributed by atoms with E-state index in [1.807, 2.05) is 60.4 Å². The lowest BCUT2D eigenvalue weighted by Gasteiger charge is -2.29. The molecule has 168 valence electrons. The van der Waals surface area contributed by atoms with Crippen molar-refractivity contribution in [1.29, 1.82) is 0 Å². The van der Waals surface area contributed by atoms with Gasteiger partial charge in [0, 0.05) is 13.1 Å². The van der Waals surface area contributed by atoms with Crippen LogP contribution in [-0.2, 0) is 20.9 Å². The molecule has 0 bridgehead atoms. The van der Waals surface area contributed by atoms with Gasteiger partial charge in [0.1, 0.15) is 11.4 Å². The van der Waals surface area contributed by atoms with Crippen LogP contribution in [0.4, 0.5) is 0 Å². The van der Waals surface area contributed by atoms with Crippen molar-refractivity contribution in [2.24, 2.45) is 5.92 Å². The van der Waals surface area contributed by atoms with Gasteiger partial charge in [-0.3, -0.25) is 14.5 Å². The van der Waals surface area contributed by atoms with Crippen molar-refractivity contribution in [3.63, 3.8) is 0 Å². The van der Waals surface area contributed by atoms with Crippen LogP contribution < -0.4 is 4.74 Å². The number of hydrogen-bond acceptors (Lipinski definition) is 5. The van der Waals surface area contributed by atoms with Crippen LogP contribution in [0.3, 0.4) is 0 Å². The van der Waals surface area contributed by atoms with Crippen molar-refractivity contribution in [1.82, 2.24) is 9.80 Å². The zero-order valence-electron chi connectivity index (χ0n) is 19.0. The summed E-state index contributed by atoms with van der Waals surface area (Å²) in [5, 5.41) is 0. The van der Waals surface area contributed by atoms with Gasteiger partial charge in [0.05, 0.1) is 31.9 Å². The molecule has 2 aromatic rings. The molecule has 0 saturated carbocycles. The molecular weight excluding hydrogens is 404 g/mol. The van der Waals surface area contributed by atoms with Gasteiger partial charge < -0.3 is 14.4 Å². The molecular formula is C26H30N2O4. The first-order valence-electron chi connectivity index (χ1n) is 11.2. The smallest absolute Gasteiger partial charge is 0.278 e. The number of rotatable bonds is 7. The largest absolute Gasteiger partial charge is 0.493 e. The molecule has 0 aliphatic carbocycles. The highest BCUT2D eigenvalue weighted by molar-refractivity contribution is 6.35.